The Morgan fingerprint density at radius 2 is 2.06 bits per heavy atom. The number of nitrogens with zero attached hydrogens (tertiary/aromatic N) is 1. The van der Waals surface area contributed by atoms with Crippen molar-refractivity contribution in [2.24, 2.45) is 0 Å². The quantitative estimate of drug-likeness (QED) is 0.665. The molecule has 0 aromatic heterocycles. The number of carboxylic acids is 1. The second kappa shape index (κ2) is 4.90. The van der Waals surface area contributed by atoms with Crippen molar-refractivity contribution >= 4 is 11.7 Å². The standard InChI is InChI=1S/C9H6F3NO5/c10-9(11,12)18-7-2-1-5(4-8(14)15)3-6(7)13(16)17/h1-3H,4H2,(H,14,15). The van der Waals surface area contributed by atoms with Crippen LogP contribution in [0.1, 0.15) is 5.56 Å². The van der Waals surface area contributed by atoms with Gasteiger partial charge in [-0.15, -0.1) is 13.2 Å². The molecule has 0 aliphatic heterocycles. The average Bonchev–Trinajstić information content (AvgIpc) is 2.17. The summed E-state index contributed by atoms with van der Waals surface area (Å²) in [5, 5.41) is 19.0. The third-order valence-corrected chi connectivity index (χ3v) is 1.80. The summed E-state index contributed by atoms with van der Waals surface area (Å²) < 4.78 is 39.3. The van der Waals surface area contributed by atoms with Crippen molar-refractivity contribution in [2.45, 2.75) is 12.8 Å². The predicted octanol–water partition coefficient (Wildman–Crippen LogP) is 2.12. The fourth-order valence-corrected chi connectivity index (χ4v) is 1.20. The maximum atomic E-state index is 12.0. The van der Waals surface area contributed by atoms with E-state index in [0.717, 1.165) is 12.1 Å². The number of rotatable bonds is 4. The number of nitro groups is 1. The predicted molar refractivity (Wildman–Crippen MR) is 51.1 cm³/mol. The Hall–Kier alpha value is -2.32. The Bertz CT molecular complexity index is 486. The number of benzene rings is 1. The molecule has 6 nitrogen and oxygen atoms in total. The molecule has 0 atom stereocenters. The van der Waals surface area contributed by atoms with Crippen LogP contribution in [0.5, 0.6) is 5.75 Å². The Morgan fingerprint density at radius 3 is 2.50 bits per heavy atom. The first-order chi connectivity index (χ1) is 8.19. The fraction of sp³-hybridized carbons (Fsp3) is 0.222. The molecule has 1 aromatic carbocycles. The van der Waals surface area contributed by atoms with Crippen LogP contribution in [0.4, 0.5) is 18.9 Å². The molecule has 0 radical (unpaired) electrons. The number of ether oxygens (including phenoxy) is 1. The van der Waals surface area contributed by atoms with Crippen molar-refractivity contribution in [1.29, 1.82) is 0 Å². The van der Waals surface area contributed by atoms with E-state index in [-0.39, 0.29) is 5.56 Å². The molecule has 0 heterocycles. The Balaban J connectivity index is 3.12. The van der Waals surface area contributed by atoms with Crippen LogP contribution in [0.3, 0.4) is 0 Å². The zero-order valence-corrected chi connectivity index (χ0v) is 8.60. The summed E-state index contributed by atoms with van der Waals surface area (Å²) in [4.78, 5) is 19.9. The van der Waals surface area contributed by atoms with E-state index in [0.29, 0.717) is 6.07 Å². The largest absolute Gasteiger partial charge is 0.573 e. The van der Waals surface area contributed by atoms with Crippen molar-refractivity contribution in [1.82, 2.24) is 0 Å². The Morgan fingerprint density at radius 1 is 1.44 bits per heavy atom. The second-order valence-corrected chi connectivity index (χ2v) is 3.18. The molecule has 1 rings (SSSR count). The second-order valence-electron chi connectivity index (χ2n) is 3.18. The van der Waals surface area contributed by atoms with Crippen LogP contribution < -0.4 is 4.74 Å². The summed E-state index contributed by atoms with van der Waals surface area (Å²) in [5.41, 5.74) is -0.935. The van der Waals surface area contributed by atoms with Gasteiger partial charge in [0.2, 0.25) is 5.75 Å². The van der Waals surface area contributed by atoms with E-state index >= 15 is 0 Å². The highest BCUT2D eigenvalue weighted by molar-refractivity contribution is 5.71. The van der Waals surface area contributed by atoms with Crippen LogP contribution in [0, 0.1) is 10.1 Å². The maximum absolute atomic E-state index is 12.0. The minimum Gasteiger partial charge on any atom is -0.481 e. The molecule has 0 aliphatic carbocycles. The van der Waals surface area contributed by atoms with Crippen LogP contribution in [0.15, 0.2) is 18.2 Å². The van der Waals surface area contributed by atoms with Gasteiger partial charge in [0.1, 0.15) is 0 Å². The topological polar surface area (TPSA) is 89.7 Å². The Kier molecular flexibility index (Phi) is 3.74. The van der Waals surface area contributed by atoms with Gasteiger partial charge in [0, 0.05) is 6.07 Å². The Labute approximate surface area is 97.7 Å². The first-order valence-electron chi connectivity index (χ1n) is 4.44. The van der Waals surface area contributed by atoms with Gasteiger partial charge in [-0.3, -0.25) is 14.9 Å². The monoisotopic (exact) mass is 265 g/mol. The van der Waals surface area contributed by atoms with E-state index in [1.54, 1.807) is 0 Å². The molecule has 9 heteroatoms. The number of carbonyl (C=O) groups is 1. The molecular formula is C9H6F3NO5. The molecule has 0 amide bonds. The summed E-state index contributed by atoms with van der Waals surface area (Å²) >= 11 is 0. The van der Waals surface area contributed by atoms with Crippen molar-refractivity contribution < 1.29 is 32.7 Å². The molecular weight excluding hydrogens is 259 g/mol. The molecule has 0 saturated heterocycles. The number of hydrogen-bond acceptors (Lipinski definition) is 4. The van der Waals surface area contributed by atoms with Crippen molar-refractivity contribution in [3.05, 3.63) is 33.9 Å². The van der Waals surface area contributed by atoms with Crippen LogP contribution >= 0.6 is 0 Å². The molecule has 1 aromatic rings. The minimum atomic E-state index is -5.06. The van der Waals surface area contributed by atoms with Crippen LogP contribution in [-0.2, 0) is 11.2 Å². The van der Waals surface area contributed by atoms with Gasteiger partial charge >= 0.3 is 18.0 Å². The van der Waals surface area contributed by atoms with Gasteiger partial charge in [0.25, 0.3) is 0 Å². The van der Waals surface area contributed by atoms with Crippen LogP contribution in [-0.4, -0.2) is 22.4 Å². The van der Waals surface area contributed by atoms with Gasteiger partial charge in [-0.05, 0) is 11.6 Å². The molecule has 1 N–H and O–H groups in total. The van der Waals surface area contributed by atoms with Gasteiger partial charge in [-0.2, -0.15) is 0 Å². The smallest absolute Gasteiger partial charge is 0.481 e. The summed E-state index contributed by atoms with van der Waals surface area (Å²) in [5.74, 6) is -2.24. The van der Waals surface area contributed by atoms with Crippen molar-refractivity contribution in [2.75, 3.05) is 0 Å². The SMILES string of the molecule is O=C(O)Cc1ccc(OC(F)(F)F)c([N+](=O)[O-])c1. The molecule has 0 spiro atoms. The minimum absolute atomic E-state index is 0.00345. The zero-order valence-electron chi connectivity index (χ0n) is 8.60. The van der Waals surface area contributed by atoms with Gasteiger partial charge in [0.05, 0.1) is 11.3 Å². The van der Waals surface area contributed by atoms with Crippen molar-refractivity contribution in [3.63, 3.8) is 0 Å². The number of hydrogen-bond donors (Lipinski definition) is 1. The van der Waals surface area contributed by atoms with Gasteiger partial charge in [-0.25, -0.2) is 0 Å². The van der Waals surface area contributed by atoms with Crippen molar-refractivity contribution in [3.8, 4) is 5.75 Å². The van der Waals surface area contributed by atoms with E-state index in [1.165, 1.54) is 0 Å². The lowest BCUT2D eigenvalue weighted by atomic mass is 10.1. The normalized spacial score (nSPS) is 11.1. The third kappa shape index (κ3) is 3.92. The fourth-order valence-electron chi connectivity index (χ4n) is 1.20. The number of aliphatic carboxylic acids is 1. The number of alkyl halides is 3. The van der Waals surface area contributed by atoms with E-state index in [9.17, 15) is 28.1 Å². The van der Waals surface area contributed by atoms with Crippen LogP contribution in [0.25, 0.3) is 0 Å². The third-order valence-electron chi connectivity index (χ3n) is 1.80. The highest BCUT2D eigenvalue weighted by atomic mass is 19.4. The molecule has 0 saturated carbocycles. The summed E-state index contributed by atoms with van der Waals surface area (Å²) in [6, 6.07) is 2.46. The van der Waals surface area contributed by atoms with E-state index in [1.807, 2.05) is 0 Å². The first kappa shape index (κ1) is 13.7. The molecule has 0 aliphatic rings. The summed E-state index contributed by atoms with van der Waals surface area (Å²) in [6.07, 6.45) is -5.59. The van der Waals surface area contributed by atoms with Gasteiger partial charge in [-0.1, -0.05) is 6.07 Å². The molecule has 18 heavy (non-hydrogen) atoms. The lowest BCUT2D eigenvalue weighted by molar-refractivity contribution is -0.388. The maximum Gasteiger partial charge on any atom is 0.573 e. The molecule has 0 bridgehead atoms. The van der Waals surface area contributed by atoms with E-state index in [4.69, 9.17) is 5.11 Å². The van der Waals surface area contributed by atoms with Crippen LogP contribution in [0.2, 0.25) is 0 Å². The molecule has 0 unspecified atom stereocenters. The van der Waals surface area contributed by atoms with E-state index < -0.39 is 35.1 Å². The molecule has 98 valence electrons. The number of nitro benzene ring substituents is 1. The summed E-state index contributed by atoms with van der Waals surface area (Å²) in [6.45, 7) is 0. The first-order valence-corrected chi connectivity index (χ1v) is 4.44. The molecule has 0 fully saturated rings. The zero-order chi connectivity index (χ0) is 13.9. The van der Waals surface area contributed by atoms with Gasteiger partial charge in [0.15, 0.2) is 0 Å². The average molecular weight is 265 g/mol. The lowest BCUT2D eigenvalue weighted by Crippen LogP contribution is -2.18. The highest BCUT2D eigenvalue weighted by Gasteiger charge is 2.34. The lowest BCUT2D eigenvalue weighted by Gasteiger charge is -2.09. The number of carboxylic acid groups (broad SMARTS) is 1. The summed E-state index contributed by atoms with van der Waals surface area (Å²) in [7, 11) is 0. The number of halogens is 3. The van der Waals surface area contributed by atoms with E-state index in [2.05, 4.69) is 4.74 Å². The van der Waals surface area contributed by atoms with Gasteiger partial charge < -0.3 is 9.84 Å². The highest BCUT2D eigenvalue weighted by Crippen LogP contribution is 2.32.